The number of rotatable bonds is 4. The van der Waals surface area contributed by atoms with Gasteiger partial charge in [0, 0.05) is 4.47 Å². The molecular weight excluding hydrogens is 310 g/mol. The van der Waals surface area contributed by atoms with Gasteiger partial charge in [-0.3, -0.25) is 0 Å². The summed E-state index contributed by atoms with van der Waals surface area (Å²) in [4.78, 5) is 11.5. The van der Waals surface area contributed by atoms with Crippen LogP contribution in [0.3, 0.4) is 0 Å². The molecule has 0 aromatic heterocycles. The molecule has 0 aliphatic carbocycles. The van der Waals surface area contributed by atoms with Gasteiger partial charge in [-0.15, -0.1) is 0 Å². The van der Waals surface area contributed by atoms with Crippen LogP contribution >= 0.6 is 15.9 Å². The molecule has 0 fully saturated rings. The standard InChI is InChI=1S/C14H20BrNO3/c1-10(16-13(17)19-14(2,3)4)9-18-12-7-5-6-11(15)8-12/h5-8,10H,9H2,1-4H3,(H,16,17)/t10-/m0/s1. The average Bonchev–Trinajstić information content (AvgIpc) is 2.23. The second kappa shape index (κ2) is 6.80. The van der Waals surface area contributed by atoms with Crippen molar-refractivity contribution in [3.05, 3.63) is 28.7 Å². The van der Waals surface area contributed by atoms with Crippen molar-refractivity contribution in [2.75, 3.05) is 6.61 Å². The highest BCUT2D eigenvalue weighted by molar-refractivity contribution is 9.10. The van der Waals surface area contributed by atoms with E-state index in [1.165, 1.54) is 0 Å². The summed E-state index contributed by atoms with van der Waals surface area (Å²) in [5.41, 5.74) is -0.491. The number of nitrogens with one attached hydrogen (secondary N) is 1. The molecule has 0 aliphatic heterocycles. The molecule has 0 saturated heterocycles. The maximum Gasteiger partial charge on any atom is 0.407 e. The minimum atomic E-state index is -0.491. The van der Waals surface area contributed by atoms with Crippen molar-refractivity contribution in [2.24, 2.45) is 0 Å². The lowest BCUT2D eigenvalue weighted by Crippen LogP contribution is -2.40. The van der Waals surface area contributed by atoms with E-state index in [0.717, 1.165) is 10.2 Å². The van der Waals surface area contributed by atoms with Crippen molar-refractivity contribution in [3.63, 3.8) is 0 Å². The fourth-order valence-corrected chi connectivity index (χ4v) is 1.71. The number of halogens is 1. The van der Waals surface area contributed by atoms with Crippen LogP contribution in [0.1, 0.15) is 27.7 Å². The molecule has 106 valence electrons. The van der Waals surface area contributed by atoms with E-state index < -0.39 is 11.7 Å². The third-order valence-electron chi connectivity index (χ3n) is 2.06. The second-order valence-corrected chi connectivity index (χ2v) is 6.23. The SMILES string of the molecule is C[C@@H](COc1cccc(Br)c1)NC(=O)OC(C)(C)C. The summed E-state index contributed by atoms with van der Waals surface area (Å²) in [6.07, 6.45) is -0.433. The molecule has 0 aliphatic rings. The van der Waals surface area contributed by atoms with Gasteiger partial charge in [0.25, 0.3) is 0 Å². The van der Waals surface area contributed by atoms with Gasteiger partial charge in [0.05, 0.1) is 6.04 Å². The molecule has 1 atom stereocenters. The second-order valence-electron chi connectivity index (χ2n) is 5.32. The van der Waals surface area contributed by atoms with E-state index in [1.807, 2.05) is 52.0 Å². The van der Waals surface area contributed by atoms with Crippen LogP contribution < -0.4 is 10.1 Å². The van der Waals surface area contributed by atoms with Crippen molar-refractivity contribution in [3.8, 4) is 5.75 Å². The van der Waals surface area contributed by atoms with E-state index >= 15 is 0 Å². The van der Waals surface area contributed by atoms with Gasteiger partial charge in [-0.2, -0.15) is 0 Å². The Bertz CT molecular complexity index is 429. The van der Waals surface area contributed by atoms with Gasteiger partial charge in [-0.05, 0) is 45.9 Å². The molecule has 0 spiro atoms. The molecule has 5 heteroatoms. The smallest absolute Gasteiger partial charge is 0.407 e. The number of amides is 1. The molecule has 1 amide bonds. The van der Waals surface area contributed by atoms with Gasteiger partial charge in [-0.1, -0.05) is 22.0 Å². The Morgan fingerprint density at radius 1 is 1.42 bits per heavy atom. The fourth-order valence-electron chi connectivity index (χ4n) is 1.33. The Balaban J connectivity index is 2.36. The predicted molar refractivity (Wildman–Crippen MR) is 78.5 cm³/mol. The minimum Gasteiger partial charge on any atom is -0.491 e. The first-order chi connectivity index (χ1) is 8.76. The predicted octanol–water partition coefficient (Wildman–Crippen LogP) is 3.74. The molecule has 0 heterocycles. The number of hydrogen-bond donors (Lipinski definition) is 1. The van der Waals surface area contributed by atoms with Crippen molar-refractivity contribution in [1.29, 1.82) is 0 Å². The van der Waals surface area contributed by atoms with E-state index in [2.05, 4.69) is 21.2 Å². The summed E-state index contributed by atoms with van der Waals surface area (Å²) >= 11 is 3.37. The maximum absolute atomic E-state index is 11.5. The van der Waals surface area contributed by atoms with Gasteiger partial charge in [0.15, 0.2) is 0 Å². The highest BCUT2D eigenvalue weighted by Crippen LogP contribution is 2.17. The molecule has 19 heavy (non-hydrogen) atoms. The largest absolute Gasteiger partial charge is 0.491 e. The van der Waals surface area contributed by atoms with E-state index in [4.69, 9.17) is 9.47 Å². The first-order valence-electron chi connectivity index (χ1n) is 6.14. The van der Waals surface area contributed by atoms with Crippen LogP contribution in [0.5, 0.6) is 5.75 Å². The van der Waals surface area contributed by atoms with Crippen molar-refractivity contribution >= 4 is 22.0 Å². The third-order valence-corrected chi connectivity index (χ3v) is 2.55. The minimum absolute atomic E-state index is 0.131. The highest BCUT2D eigenvalue weighted by Gasteiger charge is 2.17. The molecule has 0 unspecified atom stereocenters. The van der Waals surface area contributed by atoms with Crippen LogP contribution in [0.25, 0.3) is 0 Å². The zero-order valence-corrected chi connectivity index (χ0v) is 13.3. The van der Waals surface area contributed by atoms with Gasteiger partial charge < -0.3 is 14.8 Å². The van der Waals surface area contributed by atoms with Crippen LogP contribution in [-0.2, 0) is 4.74 Å². The molecule has 1 aromatic rings. The van der Waals surface area contributed by atoms with Crippen molar-refractivity contribution in [1.82, 2.24) is 5.32 Å². The van der Waals surface area contributed by atoms with Crippen LogP contribution in [0.4, 0.5) is 4.79 Å². The van der Waals surface area contributed by atoms with Crippen LogP contribution in [0.2, 0.25) is 0 Å². The maximum atomic E-state index is 11.5. The Morgan fingerprint density at radius 2 is 2.11 bits per heavy atom. The fraction of sp³-hybridized carbons (Fsp3) is 0.500. The van der Waals surface area contributed by atoms with Crippen LogP contribution in [0.15, 0.2) is 28.7 Å². The summed E-state index contributed by atoms with van der Waals surface area (Å²) in [6.45, 7) is 7.73. The summed E-state index contributed by atoms with van der Waals surface area (Å²) < 4.78 is 11.7. The van der Waals surface area contributed by atoms with Crippen molar-refractivity contribution in [2.45, 2.75) is 39.3 Å². The van der Waals surface area contributed by atoms with E-state index in [-0.39, 0.29) is 6.04 Å². The van der Waals surface area contributed by atoms with Crippen molar-refractivity contribution < 1.29 is 14.3 Å². The topological polar surface area (TPSA) is 47.6 Å². The monoisotopic (exact) mass is 329 g/mol. The number of ether oxygens (including phenoxy) is 2. The first-order valence-corrected chi connectivity index (χ1v) is 6.93. The average molecular weight is 330 g/mol. The zero-order chi connectivity index (χ0) is 14.5. The molecule has 1 rings (SSSR count). The lowest BCUT2D eigenvalue weighted by Gasteiger charge is -2.22. The summed E-state index contributed by atoms with van der Waals surface area (Å²) in [6, 6.07) is 7.43. The van der Waals surface area contributed by atoms with Gasteiger partial charge in [-0.25, -0.2) is 4.79 Å². The number of carbonyl (C=O) groups is 1. The van der Waals surface area contributed by atoms with Gasteiger partial charge >= 0.3 is 6.09 Å². The Hall–Kier alpha value is -1.23. The first kappa shape index (κ1) is 15.8. The summed E-state index contributed by atoms with van der Waals surface area (Å²) in [5.74, 6) is 0.757. The van der Waals surface area contributed by atoms with Gasteiger partial charge in [0.1, 0.15) is 18.0 Å². The number of hydrogen-bond acceptors (Lipinski definition) is 3. The van der Waals surface area contributed by atoms with Crippen LogP contribution in [-0.4, -0.2) is 24.3 Å². The molecule has 0 radical (unpaired) electrons. The Kier molecular flexibility index (Phi) is 5.66. The third kappa shape index (κ3) is 7.06. The lowest BCUT2D eigenvalue weighted by molar-refractivity contribution is 0.0494. The molecule has 1 N–H and O–H groups in total. The lowest BCUT2D eigenvalue weighted by atomic mass is 10.2. The van der Waals surface area contributed by atoms with E-state index in [1.54, 1.807) is 0 Å². The van der Waals surface area contributed by atoms with E-state index in [9.17, 15) is 4.79 Å². The quantitative estimate of drug-likeness (QED) is 0.915. The molecule has 4 nitrogen and oxygen atoms in total. The van der Waals surface area contributed by atoms with Gasteiger partial charge in [0.2, 0.25) is 0 Å². The molecular formula is C14H20BrNO3. The Morgan fingerprint density at radius 3 is 2.68 bits per heavy atom. The molecule has 1 aromatic carbocycles. The van der Waals surface area contributed by atoms with E-state index in [0.29, 0.717) is 6.61 Å². The molecule has 0 bridgehead atoms. The number of alkyl carbamates (subject to hydrolysis) is 1. The zero-order valence-electron chi connectivity index (χ0n) is 11.7. The normalized spacial score (nSPS) is 12.7. The molecule has 0 saturated carbocycles. The summed E-state index contributed by atoms with van der Waals surface area (Å²) in [7, 11) is 0. The summed E-state index contributed by atoms with van der Waals surface area (Å²) in [5, 5.41) is 2.72. The Labute approximate surface area is 122 Å². The van der Waals surface area contributed by atoms with Crippen LogP contribution in [0, 0.1) is 0 Å². The number of benzene rings is 1. The highest BCUT2D eigenvalue weighted by atomic mass is 79.9. The number of carbonyl (C=O) groups excluding carboxylic acids is 1.